The first kappa shape index (κ1) is 13.0. The standard InChI is InChI=1S/C11H14BrNO3/c1-7(15)13-11-8(5-6-14)9(12)3-4-10(11)16-2/h3-4,14H,5-6H2,1-2H3,(H,13,15). The van der Waals surface area contributed by atoms with E-state index in [2.05, 4.69) is 21.2 Å². The molecule has 0 unspecified atom stereocenters. The SMILES string of the molecule is COc1ccc(Br)c(CCO)c1NC(C)=O. The molecule has 0 aromatic heterocycles. The summed E-state index contributed by atoms with van der Waals surface area (Å²) in [7, 11) is 1.54. The molecule has 0 saturated heterocycles. The van der Waals surface area contributed by atoms with Crippen molar-refractivity contribution in [2.45, 2.75) is 13.3 Å². The average molecular weight is 288 g/mol. The van der Waals surface area contributed by atoms with Gasteiger partial charge in [0.25, 0.3) is 0 Å². The van der Waals surface area contributed by atoms with E-state index in [0.717, 1.165) is 10.0 Å². The first-order valence-electron chi connectivity index (χ1n) is 4.84. The second-order valence-electron chi connectivity index (χ2n) is 3.26. The number of amides is 1. The van der Waals surface area contributed by atoms with Gasteiger partial charge in [-0.2, -0.15) is 0 Å². The summed E-state index contributed by atoms with van der Waals surface area (Å²) in [4.78, 5) is 11.1. The largest absolute Gasteiger partial charge is 0.495 e. The lowest BCUT2D eigenvalue weighted by Gasteiger charge is -2.15. The van der Waals surface area contributed by atoms with Gasteiger partial charge in [-0.15, -0.1) is 0 Å². The molecule has 0 saturated carbocycles. The maximum atomic E-state index is 11.1. The number of aliphatic hydroxyl groups excluding tert-OH is 1. The summed E-state index contributed by atoms with van der Waals surface area (Å²) < 4.78 is 6.01. The van der Waals surface area contributed by atoms with Gasteiger partial charge in [0, 0.05) is 18.0 Å². The van der Waals surface area contributed by atoms with Crippen molar-refractivity contribution >= 4 is 27.5 Å². The van der Waals surface area contributed by atoms with Crippen LogP contribution in [0.4, 0.5) is 5.69 Å². The van der Waals surface area contributed by atoms with E-state index >= 15 is 0 Å². The predicted octanol–water partition coefficient (Wildman–Crippen LogP) is 1.95. The van der Waals surface area contributed by atoms with Crippen molar-refractivity contribution in [3.05, 3.63) is 22.2 Å². The first-order valence-corrected chi connectivity index (χ1v) is 5.63. The molecule has 2 N–H and O–H groups in total. The molecule has 88 valence electrons. The number of halogens is 1. The van der Waals surface area contributed by atoms with Gasteiger partial charge in [0.2, 0.25) is 5.91 Å². The molecule has 0 aliphatic heterocycles. The zero-order chi connectivity index (χ0) is 12.1. The van der Waals surface area contributed by atoms with Gasteiger partial charge in [0.1, 0.15) is 5.75 Å². The highest BCUT2D eigenvalue weighted by molar-refractivity contribution is 9.10. The van der Waals surface area contributed by atoms with Crippen molar-refractivity contribution < 1.29 is 14.6 Å². The van der Waals surface area contributed by atoms with Crippen molar-refractivity contribution in [2.24, 2.45) is 0 Å². The minimum absolute atomic E-state index is 0.0123. The quantitative estimate of drug-likeness (QED) is 0.890. The monoisotopic (exact) mass is 287 g/mol. The zero-order valence-electron chi connectivity index (χ0n) is 9.21. The number of anilines is 1. The number of ether oxygens (including phenoxy) is 1. The number of carbonyl (C=O) groups is 1. The van der Waals surface area contributed by atoms with Crippen LogP contribution in [0, 0.1) is 0 Å². The summed E-state index contributed by atoms with van der Waals surface area (Å²) in [6.45, 7) is 1.45. The molecule has 0 spiro atoms. The van der Waals surface area contributed by atoms with Crippen LogP contribution in [-0.2, 0) is 11.2 Å². The Morgan fingerprint density at radius 3 is 2.75 bits per heavy atom. The molecule has 0 atom stereocenters. The highest BCUT2D eigenvalue weighted by atomic mass is 79.9. The number of nitrogens with one attached hydrogen (secondary N) is 1. The molecule has 0 radical (unpaired) electrons. The molecule has 1 rings (SSSR count). The van der Waals surface area contributed by atoms with Crippen molar-refractivity contribution in [3.8, 4) is 5.75 Å². The highest BCUT2D eigenvalue weighted by Crippen LogP contribution is 2.34. The van der Waals surface area contributed by atoms with E-state index in [1.54, 1.807) is 6.07 Å². The van der Waals surface area contributed by atoms with E-state index in [1.807, 2.05) is 6.07 Å². The van der Waals surface area contributed by atoms with Crippen LogP contribution in [0.15, 0.2) is 16.6 Å². The second kappa shape index (κ2) is 5.86. The third kappa shape index (κ3) is 2.96. The number of aliphatic hydroxyl groups is 1. The Labute approximate surface area is 103 Å². The smallest absolute Gasteiger partial charge is 0.221 e. The summed E-state index contributed by atoms with van der Waals surface area (Å²) in [5.74, 6) is 0.414. The van der Waals surface area contributed by atoms with Crippen molar-refractivity contribution in [1.29, 1.82) is 0 Å². The predicted molar refractivity (Wildman–Crippen MR) is 65.8 cm³/mol. The third-order valence-electron chi connectivity index (χ3n) is 2.10. The Morgan fingerprint density at radius 2 is 2.25 bits per heavy atom. The Kier molecular flexibility index (Phi) is 4.76. The molecule has 16 heavy (non-hydrogen) atoms. The maximum absolute atomic E-state index is 11.1. The molecular weight excluding hydrogens is 274 g/mol. The Bertz CT molecular complexity index is 393. The zero-order valence-corrected chi connectivity index (χ0v) is 10.8. The fourth-order valence-corrected chi connectivity index (χ4v) is 1.97. The van der Waals surface area contributed by atoms with E-state index in [1.165, 1.54) is 14.0 Å². The fourth-order valence-electron chi connectivity index (χ4n) is 1.44. The lowest BCUT2D eigenvalue weighted by atomic mass is 10.1. The van der Waals surface area contributed by atoms with Gasteiger partial charge in [-0.3, -0.25) is 4.79 Å². The fraction of sp³-hybridized carbons (Fsp3) is 0.364. The van der Waals surface area contributed by atoms with E-state index < -0.39 is 0 Å². The Hall–Kier alpha value is -1.07. The van der Waals surface area contributed by atoms with Crippen LogP contribution in [0.25, 0.3) is 0 Å². The normalized spacial score (nSPS) is 10.0. The number of methoxy groups -OCH3 is 1. The van der Waals surface area contributed by atoms with Crippen molar-refractivity contribution in [3.63, 3.8) is 0 Å². The van der Waals surface area contributed by atoms with Crippen LogP contribution in [0.3, 0.4) is 0 Å². The molecule has 1 aromatic carbocycles. The molecule has 0 heterocycles. The highest BCUT2D eigenvalue weighted by Gasteiger charge is 2.13. The minimum atomic E-state index is -0.171. The minimum Gasteiger partial charge on any atom is -0.495 e. The van der Waals surface area contributed by atoms with Gasteiger partial charge >= 0.3 is 0 Å². The van der Waals surface area contributed by atoms with Gasteiger partial charge in [-0.05, 0) is 24.1 Å². The van der Waals surface area contributed by atoms with Crippen LogP contribution < -0.4 is 10.1 Å². The van der Waals surface area contributed by atoms with Crippen LogP contribution in [-0.4, -0.2) is 24.7 Å². The van der Waals surface area contributed by atoms with Crippen molar-refractivity contribution in [2.75, 3.05) is 19.0 Å². The second-order valence-corrected chi connectivity index (χ2v) is 4.11. The molecule has 1 aromatic rings. The van der Waals surface area contributed by atoms with E-state index in [4.69, 9.17) is 9.84 Å². The molecule has 0 aliphatic carbocycles. The Morgan fingerprint density at radius 1 is 1.56 bits per heavy atom. The van der Waals surface area contributed by atoms with Crippen LogP contribution in [0.1, 0.15) is 12.5 Å². The number of hydrogen-bond acceptors (Lipinski definition) is 3. The lowest BCUT2D eigenvalue weighted by molar-refractivity contribution is -0.114. The third-order valence-corrected chi connectivity index (χ3v) is 2.84. The molecule has 1 amide bonds. The van der Waals surface area contributed by atoms with Gasteiger partial charge in [-0.25, -0.2) is 0 Å². The molecule has 0 bridgehead atoms. The molecular formula is C11H14BrNO3. The van der Waals surface area contributed by atoms with Gasteiger partial charge < -0.3 is 15.2 Å². The average Bonchev–Trinajstić information content (AvgIpc) is 2.23. The summed E-state index contributed by atoms with van der Waals surface area (Å²) in [6.07, 6.45) is 0.452. The summed E-state index contributed by atoms with van der Waals surface area (Å²) in [6, 6.07) is 3.59. The molecule has 5 heteroatoms. The number of carbonyl (C=O) groups excluding carboxylic acids is 1. The van der Waals surface area contributed by atoms with E-state index in [0.29, 0.717) is 17.9 Å². The number of rotatable bonds is 4. The molecule has 0 aliphatic rings. The van der Waals surface area contributed by atoms with Crippen LogP contribution in [0.2, 0.25) is 0 Å². The summed E-state index contributed by atoms with van der Waals surface area (Å²) in [5.41, 5.74) is 1.44. The van der Waals surface area contributed by atoms with Gasteiger partial charge in [-0.1, -0.05) is 15.9 Å². The van der Waals surface area contributed by atoms with Gasteiger partial charge in [0.15, 0.2) is 0 Å². The topological polar surface area (TPSA) is 58.6 Å². The first-order chi connectivity index (χ1) is 7.60. The maximum Gasteiger partial charge on any atom is 0.221 e. The van der Waals surface area contributed by atoms with Gasteiger partial charge in [0.05, 0.1) is 12.8 Å². The molecule has 4 nitrogen and oxygen atoms in total. The van der Waals surface area contributed by atoms with Crippen molar-refractivity contribution in [1.82, 2.24) is 0 Å². The summed E-state index contributed by atoms with van der Waals surface area (Å²) in [5, 5.41) is 11.7. The van der Waals surface area contributed by atoms with Crippen LogP contribution in [0.5, 0.6) is 5.75 Å². The van der Waals surface area contributed by atoms with E-state index in [9.17, 15) is 4.79 Å². The van der Waals surface area contributed by atoms with Crippen LogP contribution >= 0.6 is 15.9 Å². The summed E-state index contributed by atoms with van der Waals surface area (Å²) >= 11 is 3.38. The number of hydrogen-bond donors (Lipinski definition) is 2. The lowest BCUT2D eigenvalue weighted by Crippen LogP contribution is -2.10. The Balaban J connectivity index is 3.24. The van der Waals surface area contributed by atoms with E-state index in [-0.39, 0.29) is 12.5 Å². The number of benzene rings is 1. The molecule has 0 fully saturated rings.